The fourth-order valence-corrected chi connectivity index (χ4v) is 2.11. The number of benzene rings is 1. The minimum Gasteiger partial charge on any atom is -0.370 e. The van der Waals surface area contributed by atoms with Gasteiger partial charge in [0, 0.05) is 12.1 Å². The molecule has 1 aromatic rings. The van der Waals surface area contributed by atoms with E-state index in [0.29, 0.717) is 17.1 Å². The van der Waals surface area contributed by atoms with Crippen molar-refractivity contribution in [2.24, 2.45) is 10.7 Å². The highest BCUT2D eigenvalue weighted by atomic mass is 127. The molecule has 4 nitrogen and oxygen atoms in total. The molecule has 1 aromatic carbocycles. The van der Waals surface area contributed by atoms with Crippen LogP contribution in [-0.2, 0) is 6.54 Å². The summed E-state index contributed by atoms with van der Waals surface area (Å²) in [7, 11) is 0. The Morgan fingerprint density at radius 2 is 1.96 bits per heavy atom. The average Bonchev–Trinajstić information content (AvgIpc) is 2.53. The van der Waals surface area contributed by atoms with Crippen molar-refractivity contribution in [1.82, 2.24) is 5.32 Å². The zero-order valence-electron chi connectivity index (χ0n) is 13.6. The number of unbranched alkanes of at least 4 members (excludes halogenated alkanes) is 5. The monoisotopic (exact) mass is 432 g/mol. The van der Waals surface area contributed by atoms with Crippen LogP contribution in [-0.4, -0.2) is 12.5 Å². The minimum absolute atomic E-state index is 0. The van der Waals surface area contributed by atoms with Crippen molar-refractivity contribution in [3.8, 4) is 6.07 Å². The summed E-state index contributed by atoms with van der Waals surface area (Å²) < 4.78 is 13.6. The first-order chi connectivity index (χ1) is 10.7. The van der Waals surface area contributed by atoms with Gasteiger partial charge in [-0.2, -0.15) is 5.26 Å². The molecule has 6 heteroatoms. The van der Waals surface area contributed by atoms with Gasteiger partial charge in [-0.25, -0.2) is 9.38 Å². The molecule has 0 bridgehead atoms. The molecule has 0 fully saturated rings. The lowest BCUT2D eigenvalue weighted by molar-refractivity contribution is 0.600. The Bertz CT molecular complexity index is 526. The fourth-order valence-electron chi connectivity index (χ4n) is 2.11. The molecule has 0 amide bonds. The SMILES string of the molecule is CCCCCCCCNC(N)=NCc1cc(C#N)ccc1F.I. The molecule has 0 spiro atoms. The maximum Gasteiger partial charge on any atom is 0.188 e. The third-order valence-corrected chi connectivity index (χ3v) is 3.43. The second kappa shape index (κ2) is 13.1. The van der Waals surface area contributed by atoms with Crippen LogP contribution in [0.25, 0.3) is 0 Å². The number of halogens is 2. The second-order valence-corrected chi connectivity index (χ2v) is 5.31. The molecule has 0 aliphatic rings. The van der Waals surface area contributed by atoms with Crippen molar-refractivity contribution in [3.05, 3.63) is 35.1 Å². The molecule has 0 unspecified atom stereocenters. The van der Waals surface area contributed by atoms with Crippen LogP contribution in [0.15, 0.2) is 23.2 Å². The van der Waals surface area contributed by atoms with E-state index in [1.54, 1.807) is 0 Å². The molecule has 23 heavy (non-hydrogen) atoms. The van der Waals surface area contributed by atoms with E-state index in [9.17, 15) is 4.39 Å². The molecule has 128 valence electrons. The van der Waals surface area contributed by atoms with Crippen molar-refractivity contribution in [3.63, 3.8) is 0 Å². The molecule has 0 saturated carbocycles. The van der Waals surface area contributed by atoms with E-state index in [1.165, 1.54) is 50.3 Å². The molecule has 0 atom stereocenters. The zero-order chi connectivity index (χ0) is 16.2. The standard InChI is InChI=1S/C17H25FN4.HI/c1-2-3-4-5-6-7-10-21-17(20)22-13-15-11-14(12-19)8-9-16(15)18;/h8-9,11H,2-7,10,13H2,1H3,(H3,20,21,22);1H. The van der Waals surface area contributed by atoms with Crippen LogP contribution in [0.4, 0.5) is 4.39 Å². The molecule has 0 radical (unpaired) electrons. The van der Waals surface area contributed by atoms with Gasteiger partial charge >= 0.3 is 0 Å². The number of guanidine groups is 1. The Balaban J connectivity index is 0.00000484. The summed E-state index contributed by atoms with van der Waals surface area (Å²) in [4.78, 5) is 4.11. The van der Waals surface area contributed by atoms with Gasteiger partial charge in [-0.3, -0.25) is 0 Å². The number of nitrogens with two attached hydrogens (primary N) is 1. The van der Waals surface area contributed by atoms with E-state index >= 15 is 0 Å². The third-order valence-electron chi connectivity index (χ3n) is 3.43. The molecule has 3 N–H and O–H groups in total. The van der Waals surface area contributed by atoms with Crippen LogP contribution in [0.3, 0.4) is 0 Å². The minimum atomic E-state index is -0.369. The number of nitrogens with zero attached hydrogens (tertiary/aromatic N) is 2. The molecule has 0 aliphatic heterocycles. The summed E-state index contributed by atoms with van der Waals surface area (Å²) in [6, 6.07) is 6.21. The number of aliphatic imine (C=N–C) groups is 1. The van der Waals surface area contributed by atoms with E-state index in [-0.39, 0.29) is 36.3 Å². The first kappa shape index (κ1) is 21.6. The molecule has 0 heterocycles. The van der Waals surface area contributed by atoms with E-state index in [0.717, 1.165) is 13.0 Å². The summed E-state index contributed by atoms with van der Waals surface area (Å²) in [6.07, 6.45) is 7.32. The van der Waals surface area contributed by atoms with Gasteiger partial charge in [0.1, 0.15) is 5.82 Å². The highest BCUT2D eigenvalue weighted by Crippen LogP contribution is 2.11. The van der Waals surface area contributed by atoms with Gasteiger partial charge in [-0.05, 0) is 24.6 Å². The van der Waals surface area contributed by atoms with Gasteiger partial charge < -0.3 is 11.1 Å². The van der Waals surface area contributed by atoms with Gasteiger partial charge in [0.2, 0.25) is 0 Å². The van der Waals surface area contributed by atoms with Gasteiger partial charge in [0.15, 0.2) is 5.96 Å². The lowest BCUT2D eigenvalue weighted by Crippen LogP contribution is -2.32. The van der Waals surface area contributed by atoms with Gasteiger partial charge in [-0.15, -0.1) is 24.0 Å². The average molecular weight is 432 g/mol. The number of nitrogens with one attached hydrogen (secondary N) is 1. The van der Waals surface area contributed by atoms with Gasteiger partial charge in [0.25, 0.3) is 0 Å². The number of nitriles is 1. The number of rotatable bonds is 9. The first-order valence-electron chi connectivity index (χ1n) is 7.89. The maximum absolute atomic E-state index is 13.6. The largest absolute Gasteiger partial charge is 0.370 e. The summed E-state index contributed by atoms with van der Waals surface area (Å²) in [5.74, 6) is -0.0539. The van der Waals surface area contributed by atoms with Gasteiger partial charge in [0.05, 0.1) is 18.2 Å². The second-order valence-electron chi connectivity index (χ2n) is 5.31. The van der Waals surface area contributed by atoms with Crippen LogP contribution >= 0.6 is 24.0 Å². The molecule has 1 rings (SSSR count). The van der Waals surface area contributed by atoms with Crippen molar-refractivity contribution in [1.29, 1.82) is 5.26 Å². The summed E-state index contributed by atoms with van der Waals surface area (Å²) >= 11 is 0. The van der Waals surface area contributed by atoms with Crippen LogP contribution in [0, 0.1) is 17.1 Å². The maximum atomic E-state index is 13.6. The summed E-state index contributed by atoms with van der Waals surface area (Å²) in [6.45, 7) is 3.12. The van der Waals surface area contributed by atoms with Crippen molar-refractivity contribution >= 4 is 29.9 Å². The quantitative estimate of drug-likeness (QED) is 0.267. The van der Waals surface area contributed by atoms with Crippen molar-refractivity contribution < 1.29 is 4.39 Å². The molecule has 0 aliphatic carbocycles. The van der Waals surface area contributed by atoms with E-state index in [4.69, 9.17) is 11.0 Å². The molecular weight excluding hydrogens is 406 g/mol. The lowest BCUT2D eigenvalue weighted by Gasteiger charge is -2.06. The Labute approximate surface area is 155 Å². The Hall–Kier alpha value is -1.36. The van der Waals surface area contributed by atoms with Crippen LogP contribution in [0.1, 0.15) is 56.6 Å². The molecule has 0 saturated heterocycles. The smallest absolute Gasteiger partial charge is 0.188 e. The van der Waals surface area contributed by atoms with Crippen molar-refractivity contribution in [2.45, 2.75) is 52.0 Å². The Morgan fingerprint density at radius 3 is 2.65 bits per heavy atom. The van der Waals surface area contributed by atoms with Crippen LogP contribution < -0.4 is 11.1 Å². The van der Waals surface area contributed by atoms with E-state index < -0.39 is 0 Å². The van der Waals surface area contributed by atoms with E-state index in [1.807, 2.05) is 6.07 Å². The highest BCUT2D eigenvalue weighted by molar-refractivity contribution is 14.0. The predicted molar refractivity (Wildman–Crippen MR) is 103 cm³/mol. The lowest BCUT2D eigenvalue weighted by atomic mass is 10.1. The summed E-state index contributed by atoms with van der Waals surface area (Å²) in [5, 5.41) is 11.8. The molecule has 0 aromatic heterocycles. The number of hydrogen-bond donors (Lipinski definition) is 2. The summed E-state index contributed by atoms with van der Waals surface area (Å²) in [5.41, 5.74) is 6.56. The predicted octanol–water partition coefficient (Wildman–Crippen LogP) is 4.08. The van der Waals surface area contributed by atoms with E-state index in [2.05, 4.69) is 17.2 Å². The molecular formula is C17H26FIN4. The Morgan fingerprint density at radius 1 is 1.26 bits per heavy atom. The normalized spacial score (nSPS) is 10.7. The topological polar surface area (TPSA) is 74.2 Å². The first-order valence-corrected chi connectivity index (χ1v) is 7.89. The third kappa shape index (κ3) is 9.39. The zero-order valence-corrected chi connectivity index (χ0v) is 16.0. The fraction of sp³-hybridized carbons (Fsp3) is 0.529. The van der Waals surface area contributed by atoms with Crippen molar-refractivity contribution in [2.75, 3.05) is 6.54 Å². The Kier molecular flexibility index (Phi) is 12.3. The highest BCUT2D eigenvalue weighted by Gasteiger charge is 2.03. The van der Waals surface area contributed by atoms with Gasteiger partial charge in [-0.1, -0.05) is 39.0 Å². The van der Waals surface area contributed by atoms with Crippen LogP contribution in [0.2, 0.25) is 0 Å². The van der Waals surface area contributed by atoms with Crippen LogP contribution in [0.5, 0.6) is 0 Å². The number of hydrogen-bond acceptors (Lipinski definition) is 2.